The Kier molecular flexibility index (Phi) is 5.84. The summed E-state index contributed by atoms with van der Waals surface area (Å²) in [5.41, 5.74) is 16.6. The molecule has 1 aliphatic rings. The van der Waals surface area contributed by atoms with Crippen LogP contribution in [0.3, 0.4) is 0 Å². The summed E-state index contributed by atoms with van der Waals surface area (Å²) in [5, 5.41) is 7.19. The van der Waals surface area contributed by atoms with Crippen LogP contribution in [0.4, 0.5) is 0 Å². The number of nitrogens with zero attached hydrogens (tertiary/aromatic N) is 2. The van der Waals surface area contributed by atoms with Crippen LogP contribution in [0.5, 0.6) is 0 Å². The molecule has 11 aromatic rings. The minimum atomic E-state index is -0.0778. The average molecular weight is 691 g/mol. The van der Waals surface area contributed by atoms with Crippen LogP contribution in [0.25, 0.3) is 99.2 Å². The molecule has 254 valence electrons. The van der Waals surface area contributed by atoms with Gasteiger partial charge in [-0.25, -0.2) is 0 Å². The fourth-order valence-electron chi connectivity index (χ4n) is 9.55. The van der Waals surface area contributed by atoms with E-state index in [4.69, 9.17) is 4.42 Å². The number of rotatable bonds is 3. The number of hydrogen-bond donors (Lipinski definition) is 0. The average Bonchev–Trinajstić information content (AvgIpc) is 3.93. The fraction of sp³-hybridized carbons (Fsp3) is 0.0588. The molecule has 0 bridgehead atoms. The van der Waals surface area contributed by atoms with Crippen LogP contribution in [0.2, 0.25) is 0 Å². The zero-order valence-electron chi connectivity index (χ0n) is 30.0. The third-order valence-corrected chi connectivity index (χ3v) is 12.1. The molecule has 0 amide bonds. The van der Waals surface area contributed by atoms with Crippen molar-refractivity contribution in [2.45, 2.75) is 19.3 Å². The quantitative estimate of drug-likeness (QED) is 0.181. The third kappa shape index (κ3) is 3.91. The molecule has 3 heterocycles. The van der Waals surface area contributed by atoms with Crippen molar-refractivity contribution in [1.29, 1.82) is 0 Å². The topological polar surface area (TPSA) is 23.0 Å². The molecule has 1 aliphatic carbocycles. The zero-order valence-corrected chi connectivity index (χ0v) is 30.0. The Labute approximate surface area is 311 Å². The normalized spacial score (nSPS) is 13.5. The molecule has 0 radical (unpaired) electrons. The summed E-state index contributed by atoms with van der Waals surface area (Å²) >= 11 is 0. The van der Waals surface area contributed by atoms with Gasteiger partial charge >= 0.3 is 0 Å². The molecule has 12 rings (SSSR count). The highest BCUT2D eigenvalue weighted by molar-refractivity contribution is 6.22. The Hall–Kier alpha value is -6.84. The Balaban J connectivity index is 1.12. The molecule has 0 saturated heterocycles. The first-order chi connectivity index (χ1) is 26.5. The zero-order chi connectivity index (χ0) is 35.7. The maximum atomic E-state index is 6.64. The van der Waals surface area contributed by atoms with Gasteiger partial charge in [-0.05, 0) is 106 Å². The molecule has 0 spiro atoms. The highest BCUT2D eigenvalue weighted by Crippen LogP contribution is 2.51. The highest BCUT2D eigenvalue weighted by atomic mass is 16.3. The number of hydrogen-bond acceptors (Lipinski definition) is 1. The first kappa shape index (κ1) is 29.7. The predicted molar refractivity (Wildman–Crippen MR) is 225 cm³/mol. The van der Waals surface area contributed by atoms with E-state index in [9.17, 15) is 0 Å². The van der Waals surface area contributed by atoms with Gasteiger partial charge in [0.25, 0.3) is 0 Å². The molecular formula is C51H34N2O. The number of para-hydroxylation sites is 3. The summed E-state index contributed by atoms with van der Waals surface area (Å²) in [6.07, 6.45) is 0. The van der Waals surface area contributed by atoms with Crippen molar-refractivity contribution < 1.29 is 4.42 Å². The molecule has 0 fully saturated rings. The molecular weight excluding hydrogens is 657 g/mol. The van der Waals surface area contributed by atoms with E-state index in [0.717, 1.165) is 38.7 Å². The number of benzene rings is 8. The maximum absolute atomic E-state index is 6.64. The number of aromatic nitrogens is 2. The van der Waals surface area contributed by atoms with Gasteiger partial charge in [0.2, 0.25) is 0 Å². The SMILES string of the molecule is CC1(C)c2ccccc2-c2cc3c4cc(-c5ccc6c(c5)c5ccc7c8ccccc8oc7c5n6-c5ccccc5)ccc4n(-c4ccccc4)c3cc21. The summed E-state index contributed by atoms with van der Waals surface area (Å²) in [6.45, 7) is 4.72. The van der Waals surface area contributed by atoms with Crippen molar-refractivity contribution in [1.82, 2.24) is 9.13 Å². The lowest BCUT2D eigenvalue weighted by Gasteiger charge is -2.21. The summed E-state index contributed by atoms with van der Waals surface area (Å²) in [6, 6.07) is 62.1. The van der Waals surface area contributed by atoms with Crippen LogP contribution in [0, 0.1) is 0 Å². The second kappa shape index (κ2) is 10.6. The second-order valence-electron chi connectivity index (χ2n) is 15.3. The Morgan fingerprint density at radius 1 is 0.407 bits per heavy atom. The van der Waals surface area contributed by atoms with E-state index in [-0.39, 0.29) is 5.41 Å². The van der Waals surface area contributed by atoms with E-state index in [1.807, 2.05) is 6.07 Å². The van der Waals surface area contributed by atoms with Gasteiger partial charge in [-0.1, -0.05) is 111 Å². The molecule has 0 aliphatic heterocycles. The molecule has 0 unspecified atom stereocenters. The molecule has 3 heteroatoms. The van der Waals surface area contributed by atoms with Crippen LogP contribution < -0.4 is 0 Å². The summed E-state index contributed by atoms with van der Waals surface area (Å²) < 4.78 is 11.5. The van der Waals surface area contributed by atoms with E-state index in [1.54, 1.807) is 0 Å². The van der Waals surface area contributed by atoms with E-state index in [0.29, 0.717) is 0 Å². The van der Waals surface area contributed by atoms with Crippen molar-refractivity contribution >= 4 is 65.6 Å². The van der Waals surface area contributed by atoms with Crippen LogP contribution in [0.1, 0.15) is 25.0 Å². The van der Waals surface area contributed by atoms with Gasteiger partial charge in [-0.15, -0.1) is 0 Å². The monoisotopic (exact) mass is 690 g/mol. The molecule has 0 N–H and O–H groups in total. The summed E-state index contributed by atoms with van der Waals surface area (Å²) in [5.74, 6) is 0. The van der Waals surface area contributed by atoms with Crippen LogP contribution >= 0.6 is 0 Å². The first-order valence-corrected chi connectivity index (χ1v) is 18.8. The summed E-state index contributed by atoms with van der Waals surface area (Å²) in [7, 11) is 0. The second-order valence-corrected chi connectivity index (χ2v) is 15.3. The van der Waals surface area contributed by atoms with E-state index < -0.39 is 0 Å². The lowest BCUT2D eigenvalue weighted by molar-refractivity contribution is 0.661. The molecule has 0 atom stereocenters. The summed E-state index contributed by atoms with van der Waals surface area (Å²) in [4.78, 5) is 0. The van der Waals surface area contributed by atoms with Crippen molar-refractivity contribution in [2.24, 2.45) is 0 Å². The van der Waals surface area contributed by atoms with E-state index in [2.05, 4.69) is 187 Å². The minimum Gasteiger partial charge on any atom is -0.454 e. The van der Waals surface area contributed by atoms with Gasteiger partial charge in [-0.3, -0.25) is 0 Å². The van der Waals surface area contributed by atoms with E-state index >= 15 is 0 Å². The van der Waals surface area contributed by atoms with Crippen molar-refractivity contribution in [3.05, 3.63) is 181 Å². The van der Waals surface area contributed by atoms with Gasteiger partial charge in [0.1, 0.15) is 5.58 Å². The first-order valence-electron chi connectivity index (χ1n) is 18.8. The van der Waals surface area contributed by atoms with Crippen molar-refractivity contribution in [3.8, 4) is 33.6 Å². The van der Waals surface area contributed by atoms with Crippen molar-refractivity contribution in [3.63, 3.8) is 0 Å². The Morgan fingerprint density at radius 3 is 1.76 bits per heavy atom. The fourth-order valence-corrected chi connectivity index (χ4v) is 9.55. The number of furan rings is 1. The van der Waals surface area contributed by atoms with Crippen LogP contribution in [0.15, 0.2) is 174 Å². The minimum absolute atomic E-state index is 0.0778. The van der Waals surface area contributed by atoms with Gasteiger partial charge in [-0.2, -0.15) is 0 Å². The number of fused-ring (bicyclic) bond motifs is 13. The van der Waals surface area contributed by atoms with Crippen LogP contribution in [-0.4, -0.2) is 9.13 Å². The molecule has 3 aromatic heterocycles. The lowest BCUT2D eigenvalue weighted by atomic mass is 9.82. The van der Waals surface area contributed by atoms with Gasteiger partial charge < -0.3 is 13.6 Å². The van der Waals surface area contributed by atoms with Gasteiger partial charge in [0, 0.05) is 49.1 Å². The predicted octanol–water partition coefficient (Wildman–Crippen LogP) is 13.8. The maximum Gasteiger partial charge on any atom is 0.160 e. The molecule has 0 saturated carbocycles. The smallest absolute Gasteiger partial charge is 0.160 e. The Bertz CT molecular complexity index is 3340. The highest BCUT2D eigenvalue weighted by Gasteiger charge is 2.36. The largest absolute Gasteiger partial charge is 0.454 e. The molecule has 3 nitrogen and oxygen atoms in total. The lowest BCUT2D eigenvalue weighted by Crippen LogP contribution is -2.14. The third-order valence-electron chi connectivity index (χ3n) is 12.1. The van der Waals surface area contributed by atoms with Crippen LogP contribution in [-0.2, 0) is 5.41 Å². The van der Waals surface area contributed by atoms with E-state index in [1.165, 1.54) is 71.6 Å². The van der Waals surface area contributed by atoms with Crippen molar-refractivity contribution in [2.75, 3.05) is 0 Å². The van der Waals surface area contributed by atoms with Gasteiger partial charge in [0.05, 0.1) is 22.1 Å². The standard InChI is InChI=1S/C51H34N2O/c1-51(2)43-19-11-9-17-35(43)39-29-42-41-28-32(21-25-45(41)52(47(42)30-44(39)51)33-13-5-3-6-14-33)31-22-26-46-40(27-31)37-23-24-38-36-18-10-12-20-48(36)54-50(38)49(37)53(46)34-15-7-4-8-16-34/h3-30H,1-2H3. The molecule has 8 aromatic carbocycles. The van der Waals surface area contributed by atoms with Gasteiger partial charge in [0.15, 0.2) is 5.58 Å². The Morgan fingerprint density at radius 2 is 1.00 bits per heavy atom. The molecule has 54 heavy (non-hydrogen) atoms.